The van der Waals surface area contributed by atoms with E-state index < -0.39 is 11.5 Å². The number of primary amides is 1. The van der Waals surface area contributed by atoms with Crippen molar-refractivity contribution in [3.05, 3.63) is 0 Å². The van der Waals surface area contributed by atoms with Gasteiger partial charge in [0.2, 0.25) is 5.91 Å². The van der Waals surface area contributed by atoms with Gasteiger partial charge in [-0.05, 0) is 19.8 Å². The van der Waals surface area contributed by atoms with E-state index in [4.69, 9.17) is 10.5 Å². The van der Waals surface area contributed by atoms with Crippen LogP contribution < -0.4 is 5.73 Å². The molecule has 1 saturated heterocycles. The average Bonchev–Trinajstić information content (AvgIpc) is 2.81. The predicted molar refractivity (Wildman–Crippen MR) is 62.1 cm³/mol. The first kappa shape index (κ1) is 12.4. The Hall–Kier alpha value is -1.10. The van der Waals surface area contributed by atoms with Crippen LogP contribution in [0.5, 0.6) is 0 Å². The Morgan fingerprint density at radius 1 is 1.35 bits per heavy atom. The number of nitrogens with two attached hydrogens (primary N) is 1. The summed E-state index contributed by atoms with van der Waals surface area (Å²) in [6, 6.07) is 0. The number of morpholine rings is 1. The van der Waals surface area contributed by atoms with Crippen LogP contribution in [0.1, 0.15) is 32.6 Å². The third kappa shape index (κ3) is 2.44. The van der Waals surface area contributed by atoms with Crippen LogP contribution in [0, 0.1) is 5.92 Å². The number of amides is 2. The molecule has 2 aliphatic rings. The summed E-state index contributed by atoms with van der Waals surface area (Å²) >= 11 is 0. The fourth-order valence-electron chi connectivity index (χ4n) is 2.64. The van der Waals surface area contributed by atoms with Crippen molar-refractivity contribution in [3.63, 3.8) is 0 Å². The van der Waals surface area contributed by atoms with Crippen LogP contribution in [0.4, 0.5) is 0 Å². The fourth-order valence-corrected chi connectivity index (χ4v) is 2.64. The van der Waals surface area contributed by atoms with Gasteiger partial charge < -0.3 is 15.4 Å². The monoisotopic (exact) mass is 240 g/mol. The third-order valence-electron chi connectivity index (χ3n) is 3.81. The lowest BCUT2D eigenvalue weighted by molar-refractivity contribution is -0.162. The Balaban J connectivity index is 2.01. The minimum atomic E-state index is -1.02. The molecule has 0 unspecified atom stereocenters. The van der Waals surface area contributed by atoms with Gasteiger partial charge in [0.15, 0.2) is 5.60 Å². The van der Waals surface area contributed by atoms with Crippen molar-refractivity contribution >= 4 is 11.8 Å². The Morgan fingerprint density at radius 2 is 2.00 bits per heavy atom. The van der Waals surface area contributed by atoms with Crippen LogP contribution in [0.25, 0.3) is 0 Å². The summed E-state index contributed by atoms with van der Waals surface area (Å²) < 4.78 is 5.40. The Bertz CT molecular complexity index is 326. The second-order valence-electron chi connectivity index (χ2n) is 5.18. The van der Waals surface area contributed by atoms with Crippen molar-refractivity contribution in [2.75, 3.05) is 19.7 Å². The van der Waals surface area contributed by atoms with E-state index in [1.54, 1.807) is 11.8 Å². The van der Waals surface area contributed by atoms with Gasteiger partial charge >= 0.3 is 0 Å². The zero-order chi connectivity index (χ0) is 12.5. The van der Waals surface area contributed by atoms with E-state index in [2.05, 4.69) is 0 Å². The summed E-state index contributed by atoms with van der Waals surface area (Å²) in [5, 5.41) is 0. The number of carbonyl (C=O) groups is 2. The highest BCUT2D eigenvalue weighted by molar-refractivity contribution is 5.85. The fraction of sp³-hybridized carbons (Fsp3) is 0.833. The first-order chi connectivity index (χ1) is 8.03. The summed E-state index contributed by atoms with van der Waals surface area (Å²) in [5.74, 6) is -0.190. The lowest BCUT2D eigenvalue weighted by Crippen LogP contribution is -2.59. The molecule has 1 saturated carbocycles. The van der Waals surface area contributed by atoms with Gasteiger partial charge in [0.05, 0.1) is 13.2 Å². The van der Waals surface area contributed by atoms with Crippen molar-refractivity contribution in [2.24, 2.45) is 11.7 Å². The third-order valence-corrected chi connectivity index (χ3v) is 3.81. The zero-order valence-corrected chi connectivity index (χ0v) is 10.3. The summed E-state index contributed by atoms with van der Waals surface area (Å²) in [7, 11) is 0. The topological polar surface area (TPSA) is 72.6 Å². The second kappa shape index (κ2) is 4.64. The summed E-state index contributed by atoms with van der Waals surface area (Å²) in [6.07, 6.45) is 4.22. The molecule has 5 heteroatoms. The number of ether oxygens (including phenoxy) is 1. The molecule has 2 fully saturated rings. The molecule has 0 spiro atoms. The van der Waals surface area contributed by atoms with Gasteiger partial charge in [-0.1, -0.05) is 12.8 Å². The van der Waals surface area contributed by atoms with Crippen molar-refractivity contribution in [3.8, 4) is 0 Å². The van der Waals surface area contributed by atoms with Crippen LogP contribution in [-0.4, -0.2) is 42.0 Å². The van der Waals surface area contributed by atoms with Crippen molar-refractivity contribution < 1.29 is 14.3 Å². The minimum Gasteiger partial charge on any atom is -0.367 e. The highest BCUT2D eigenvalue weighted by Gasteiger charge is 2.40. The standard InChI is InChI=1S/C12H20N2O3/c1-12(11(13)16)8-14(6-7-17-12)10(15)9-4-2-3-5-9/h9H,2-8H2,1H3,(H2,13,16)/t12-/m0/s1. The van der Waals surface area contributed by atoms with Gasteiger partial charge in [0.1, 0.15) is 0 Å². The summed E-state index contributed by atoms with van der Waals surface area (Å²) in [4.78, 5) is 25.3. The molecule has 0 aromatic rings. The van der Waals surface area contributed by atoms with E-state index in [1.807, 2.05) is 0 Å². The van der Waals surface area contributed by atoms with Gasteiger partial charge in [-0.15, -0.1) is 0 Å². The molecule has 5 nitrogen and oxygen atoms in total. The average molecular weight is 240 g/mol. The van der Waals surface area contributed by atoms with Crippen LogP contribution in [0.3, 0.4) is 0 Å². The first-order valence-corrected chi connectivity index (χ1v) is 6.25. The molecule has 17 heavy (non-hydrogen) atoms. The normalized spacial score (nSPS) is 30.5. The molecule has 2 N–H and O–H groups in total. The molecule has 1 heterocycles. The maximum absolute atomic E-state index is 12.2. The van der Waals surface area contributed by atoms with Crippen molar-refractivity contribution in [1.82, 2.24) is 4.90 Å². The summed E-state index contributed by atoms with van der Waals surface area (Å²) in [5.41, 5.74) is 4.29. The molecular formula is C12H20N2O3. The summed E-state index contributed by atoms with van der Waals surface area (Å²) in [6.45, 7) is 2.90. The van der Waals surface area contributed by atoms with E-state index >= 15 is 0 Å². The molecule has 96 valence electrons. The van der Waals surface area contributed by atoms with Gasteiger partial charge in [-0.2, -0.15) is 0 Å². The number of nitrogens with zero attached hydrogens (tertiary/aromatic N) is 1. The van der Waals surface area contributed by atoms with E-state index in [1.165, 1.54) is 0 Å². The zero-order valence-electron chi connectivity index (χ0n) is 10.3. The molecule has 0 bridgehead atoms. The lowest BCUT2D eigenvalue weighted by atomic mass is 10.0. The highest BCUT2D eigenvalue weighted by Crippen LogP contribution is 2.28. The van der Waals surface area contributed by atoms with Crippen LogP contribution in [0.15, 0.2) is 0 Å². The van der Waals surface area contributed by atoms with Crippen LogP contribution in [0.2, 0.25) is 0 Å². The maximum atomic E-state index is 12.2. The van der Waals surface area contributed by atoms with Crippen LogP contribution in [-0.2, 0) is 14.3 Å². The molecular weight excluding hydrogens is 220 g/mol. The van der Waals surface area contributed by atoms with E-state index in [9.17, 15) is 9.59 Å². The number of rotatable bonds is 2. The molecule has 2 amide bonds. The Labute approximate surface area is 101 Å². The first-order valence-electron chi connectivity index (χ1n) is 6.25. The largest absolute Gasteiger partial charge is 0.367 e. The highest BCUT2D eigenvalue weighted by atomic mass is 16.5. The molecule has 1 aliphatic heterocycles. The quantitative estimate of drug-likeness (QED) is 0.753. The second-order valence-corrected chi connectivity index (χ2v) is 5.18. The lowest BCUT2D eigenvalue weighted by Gasteiger charge is -2.39. The predicted octanol–water partition coefficient (Wildman–Crippen LogP) is 0.279. The smallest absolute Gasteiger partial charge is 0.251 e. The van der Waals surface area contributed by atoms with E-state index in [0.29, 0.717) is 13.2 Å². The van der Waals surface area contributed by atoms with Gasteiger partial charge in [0.25, 0.3) is 5.91 Å². The van der Waals surface area contributed by atoms with Crippen molar-refractivity contribution in [1.29, 1.82) is 0 Å². The van der Waals surface area contributed by atoms with Crippen molar-refractivity contribution in [2.45, 2.75) is 38.2 Å². The SMILES string of the molecule is C[C@@]1(C(N)=O)CN(C(=O)C2CCCC2)CCO1. The Kier molecular flexibility index (Phi) is 3.38. The molecule has 1 aliphatic carbocycles. The molecule has 0 aromatic carbocycles. The molecule has 0 radical (unpaired) electrons. The molecule has 2 rings (SSSR count). The minimum absolute atomic E-state index is 0.144. The number of hydrogen-bond donors (Lipinski definition) is 1. The van der Waals surface area contributed by atoms with Gasteiger partial charge in [0, 0.05) is 12.5 Å². The van der Waals surface area contributed by atoms with Gasteiger partial charge in [-0.25, -0.2) is 0 Å². The van der Waals surface area contributed by atoms with E-state index in [-0.39, 0.29) is 18.4 Å². The molecule has 1 atom stereocenters. The van der Waals surface area contributed by atoms with Crippen LogP contribution >= 0.6 is 0 Å². The number of carbonyl (C=O) groups excluding carboxylic acids is 2. The van der Waals surface area contributed by atoms with E-state index in [0.717, 1.165) is 25.7 Å². The van der Waals surface area contributed by atoms with Gasteiger partial charge in [-0.3, -0.25) is 9.59 Å². The Morgan fingerprint density at radius 3 is 2.59 bits per heavy atom. The molecule has 0 aromatic heterocycles. The number of hydrogen-bond acceptors (Lipinski definition) is 3. The maximum Gasteiger partial charge on any atom is 0.251 e.